The minimum absolute atomic E-state index is 0.113. The smallest absolute Gasteiger partial charge is 0.345 e. The van der Waals surface area contributed by atoms with Crippen molar-refractivity contribution >= 4 is 23.9 Å². The number of alkyl halides is 2. The number of hydrogen-bond donors (Lipinski definition) is 3. The van der Waals surface area contributed by atoms with Crippen molar-refractivity contribution in [3.05, 3.63) is 11.8 Å². The summed E-state index contributed by atoms with van der Waals surface area (Å²) in [4.78, 5) is 26.5. The molecule has 0 spiro atoms. The van der Waals surface area contributed by atoms with Crippen LogP contribution in [0.4, 0.5) is 20.5 Å². The number of hydrogen-bond acceptors (Lipinski definition) is 7. The van der Waals surface area contributed by atoms with Crippen LogP contribution < -0.4 is 10.6 Å². The summed E-state index contributed by atoms with van der Waals surface area (Å²) in [6, 6.07) is -0.113. The first-order valence-electron chi connectivity index (χ1n) is 12.5. The summed E-state index contributed by atoms with van der Waals surface area (Å²) in [5.74, 6) is 1.35. The lowest BCUT2D eigenvalue weighted by Crippen LogP contribution is -2.39. The maximum atomic E-state index is 13.1. The van der Waals surface area contributed by atoms with Gasteiger partial charge in [-0.25, -0.2) is 9.98 Å². The van der Waals surface area contributed by atoms with Gasteiger partial charge in [0.1, 0.15) is 5.56 Å². The fourth-order valence-electron chi connectivity index (χ4n) is 4.83. The summed E-state index contributed by atoms with van der Waals surface area (Å²) < 4.78 is 29.5. The number of ether oxygens (including phenoxy) is 1. The van der Waals surface area contributed by atoms with Crippen molar-refractivity contribution in [3.8, 4) is 0 Å². The normalized spacial score (nSPS) is 28.1. The molecule has 0 saturated heterocycles. The molecule has 3 aliphatic rings. The molecule has 0 aliphatic heterocycles. The van der Waals surface area contributed by atoms with Crippen LogP contribution in [0.15, 0.2) is 11.2 Å². The van der Waals surface area contributed by atoms with E-state index in [1.165, 1.54) is 25.5 Å². The van der Waals surface area contributed by atoms with Crippen molar-refractivity contribution in [1.29, 1.82) is 0 Å². The highest BCUT2D eigenvalue weighted by atomic mass is 19.3. The summed E-state index contributed by atoms with van der Waals surface area (Å²) in [6.45, 7) is -1.96. The molecule has 188 valence electrons. The molecule has 3 N–H and O–H groups in total. The van der Waals surface area contributed by atoms with Gasteiger partial charge >= 0.3 is 6.61 Å². The Morgan fingerprint density at radius 1 is 1.15 bits per heavy atom. The number of nitrogens with one attached hydrogen (secondary N) is 2. The SMILES string of the molecule is O=C(NC1CCC(OC(F)F)CC1)c1cnc(NCC2CCC2)nc1/N=C\C1CCC(O)CC1. The summed E-state index contributed by atoms with van der Waals surface area (Å²) in [5.41, 5.74) is 0.298. The van der Waals surface area contributed by atoms with E-state index in [4.69, 9.17) is 0 Å². The van der Waals surface area contributed by atoms with Crippen molar-refractivity contribution in [2.24, 2.45) is 16.8 Å². The van der Waals surface area contributed by atoms with Gasteiger partial charge in [0, 0.05) is 25.0 Å². The van der Waals surface area contributed by atoms with Gasteiger partial charge in [-0.1, -0.05) is 6.42 Å². The zero-order valence-corrected chi connectivity index (χ0v) is 19.5. The van der Waals surface area contributed by atoms with Crippen LogP contribution in [0.3, 0.4) is 0 Å². The van der Waals surface area contributed by atoms with Crippen molar-refractivity contribution in [3.63, 3.8) is 0 Å². The molecular formula is C24H35F2N5O3. The van der Waals surface area contributed by atoms with Crippen LogP contribution in [-0.4, -0.2) is 58.6 Å². The molecule has 0 radical (unpaired) electrons. The van der Waals surface area contributed by atoms with Crippen LogP contribution in [0.1, 0.15) is 81.0 Å². The highest BCUT2D eigenvalue weighted by molar-refractivity contribution is 5.98. The first-order valence-corrected chi connectivity index (χ1v) is 12.5. The number of aromatic nitrogens is 2. The second kappa shape index (κ2) is 12.0. The molecule has 34 heavy (non-hydrogen) atoms. The van der Waals surface area contributed by atoms with E-state index in [0.717, 1.165) is 32.2 Å². The predicted molar refractivity (Wildman–Crippen MR) is 125 cm³/mol. The molecule has 0 aromatic carbocycles. The first kappa shape index (κ1) is 24.9. The molecule has 1 amide bonds. The van der Waals surface area contributed by atoms with Gasteiger partial charge in [-0.05, 0) is 76.0 Å². The molecule has 0 unspecified atom stereocenters. The Morgan fingerprint density at radius 3 is 2.53 bits per heavy atom. The van der Waals surface area contributed by atoms with Crippen molar-refractivity contribution < 1.29 is 23.4 Å². The van der Waals surface area contributed by atoms with Crippen molar-refractivity contribution in [2.45, 2.75) is 95.5 Å². The number of rotatable bonds is 9. The number of anilines is 1. The molecule has 10 heteroatoms. The Morgan fingerprint density at radius 2 is 1.88 bits per heavy atom. The van der Waals surface area contributed by atoms with Gasteiger partial charge in [0.05, 0.1) is 12.2 Å². The molecule has 0 atom stereocenters. The number of aliphatic imine (C=N–C) groups is 1. The number of nitrogens with zero attached hydrogens (tertiary/aromatic N) is 3. The third-order valence-corrected chi connectivity index (χ3v) is 7.24. The molecule has 4 rings (SSSR count). The van der Waals surface area contributed by atoms with Gasteiger partial charge in [-0.15, -0.1) is 0 Å². The second-order valence-electron chi connectivity index (χ2n) is 9.80. The molecule has 8 nitrogen and oxygen atoms in total. The zero-order valence-electron chi connectivity index (χ0n) is 19.5. The van der Waals surface area contributed by atoms with Crippen molar-refractivity contribution in [2.75, 3.05) is 11.9 Å². The Labute approximate surface area is 199 Å². The van der Waals surface area contributed by atoms with E-state index in [9.17, 15) is 18.7 Å². The van der Waals surface area contributed by atoms with E-state index in [0.29, 0.717) is 48.9 Å². The molecule has 1 aromatic heterocycles. The topological polar surface area (TPSA) is 109 Å². The van der Waals surface area contributed by atoms with E-state index < -0.39 is 12.7 Å². The molecule has 3 saturated carbocycles. The lowest BCUT2D eigenvalue weighted by Gasteiger charge is -2.29. The average Bonchev–Trinajstić information content (AvgIpc) is 2.79. The van der Waals surface area contributed by atoms with Crippen LogP contribution in [0.25, 0.3) is 0 Å². The largest absolute Gasteiger partial charge is 0.393 e. The minimum atomic E-state index is -2.77. The van der Waals surface area contributed by atoms with E-state index in [1.54, 1.807) is 0 Å². The molecule has 1 heterocycles. The van der Waals surface area contributed by atoms with E-state index in [2.05, 4.69) is 30.3 Å². The van der Waals surface area contributed by atoms with Gasteiger partial charge in [0.15, 0.2) is 5.82 Å². The fourth-order valence-corrected chi connectivity index (χ4v) is 4.83. The highest BCUT2D eigenvalue weighted by Crippen LogP contribution is 2.28. The van der Waals surface area contributed by atoms with Crippen LogP contribution in [0, 0.1) is 11.8 Å². The van der Waals surface area contributed by atoms with Gasteiger partial charge in [0.25, 0.3) is 5.91 Å². The monoisotopic (exact) mass is 479 g/mol. The van der Waals surface area contributed by atoms with E-state index in [1.807, 2.05) is 6.21 Å². The number of aliphatic hydroxyl groups excluding tert-OH is 1. The third-order valence-electron chi connectivity index (χ3n) is 7.24. The molecule has 3 aliphatic carbocycles. The van der Waals surface area contributed by atoms with Crippen LogP contribution in [-0.2, 0) is 4.74 Å². The molecule has 3 fully saturated rings. The molecular weight excluding hydrogens is 444 g/mol. The zero-order chi connectivity index (χ0) is 23.9. The highest BCUT2D eigenvalue weighted by Gasteiger charge is 2.27. The summed E-state index contributed by atoms with van der Waals surface area (Å²) in [5, 5.41) is 16.0. The number of aliphatic hydroxyl groups is 1. The van der Waals surface area contributed by atoms with Crippen LogP contribution in [0.2, 0.25) is 0 Å². The fraction of sp³-hybridized carbons (Fsp3) is 0.750. The molecule has 0 bridgehead atoms. The van der Waals surface area contributed by atoms with Crippen LogP contribution in [0.5, 0.6) is 0 Å². The van der Waals surface area contributed by atoms with Crippen LogP contribution >= 0.6 is 0 Å². The number of carbonyl (C=O) groups excluding carboxylic acids is 1. The Kier molecular flexibility index (Phi) is 8.77. The van der Waals surface area contributed by atoms with Crippen molar-refractivity contribution in [1.82, 2.24) is 15.3 Å². The summed E-state index contributed by atoms with van der Waals surface area (Å²) in [6.07, 6.45) is 11.6. The average molecular weight is 480 g/mol. The second-order valence-corrected chi connectivity index (χ2v) is 9.80. The lowest BCUT2D eigenvalue weighted by molar-refractivity contribution is -0.170. The lowest BCUT2D eigenvalue weighted by atomic mass is 9.85. The first-order chi connectivity index (χ1) is 16.5. The number of amides is 1. The molecule has 1 aromatic rings. The van der Waals surface area contributed by atoms with E-state index in [-0.39, 0.29) is 24.0 Å². The third kappa shape index (κ3) is 7.15. The summed E-state index contributed by atoms with van der Waals surface area (Å²) >= 11 is 0. The van der Waals surface area contributed by atoms with Gasteiger partial charge in [-0.2, -0.15) is 13.8 Å². The Balaban J connectivity index is 1.41. The quantitative estimate of drug-likeness (QED) is 0.458. The van der Waals surface area contributed by atoms with Gasteiger partial charge in [-0.3, -0.25) is 4.79 Å². The number of carbonyl (C=O) groups is 1. The Bertz CT molecular complexity index is 836. The number of halogens is 2. The minimum Gasteiger partial charge on any atom is -0.393 e. The summed E-state index contributed by atoms with van der Waals surface area (Å²) in [7, 11) is 0. The van der Waals surface area contributed by atoms with E-state index >= 15 is 0 Å². The standard InChI is InChI=1S/C24H35F2N5O3/c25-23(26)34-19-10-6-17(7-11-19)30-22(33)20-14-29-24(28-13-15-2-1-3-15)31-21(20)27-12-16-4-8-18(32)9-5-16/h12,14-19,23,32H,1-11,13H2,(H,30,33)(H,28,29,31)/b27-12-. The van der Waals surface area contributed by atoms with Gasteiger partial charge < -0.3 is 20.5 Å². The Hall–Kier alpha value is -2.20. The maximum Gasteiger partial charge on any atom is 0.345 e. The van der Waals surface area contributed by atoms with Gasteiger partial charge in [0.2, 0.25) is 5.95 Å². The maximum absolute atomic E-state index is 13.1. The predicted octanol–water partition coefficient (Wildman–Crippen LogP) is 4.22.